The summed E-state index contributed by atoms with van der Waals surface area (Å²) >= 11 is 2.95. The summed E-state index contributed by atoms with van der Waals surface area (Å²) in [5.74, 6) is -0.406. The number of hydrogen-bond acceptors (Lipinski definition) is 5. The molecule has 0 radical (unpaired) electrons. The first-order valence-electron chi connectivity index (χ1n) is 5.91. The number of imide groups is 1. The Bertz CT molecular complexity index is 654. The lowest BCUT2D eigenvalue weighted by molar-refractivity contribution is -0.124. The molecule has 1 N–H and O–H groups in total. The summed E-state index contributed by atoms with van der Waals surface area (Å²) in [6, 6.07) is 4.18. The third-order valence-corrected chi connectivity index (χ3v) is 5.46. The number of aromatic nitrogens is 1. The van der Waals surface area contributed by atoms with E-state index in [1.807, 2.05) is 0 Å². The number of nitrogens with one attached hydrogen (secondary N) is 1. The van der Waals surface area contributed by atoms with E-state index in [-0.39, 0.29) is 23.5 Å². The van der Waals surface area contributed by atoms with Crippen LogP contribution in [-0.4, -0.2) is 22.0 Å². The number of amides is 2. The summed E-state index contributed by atoms with van der Waals surface area (Å²) in [6.45, 7) is 4.13. The minimum Gasteiger partial charge on any atom is -0.295 e. The smallest absolute Gasteiger partial charge is 0.240 e. The maximum Gasteiger partial charge on any atom is 0.240 e. The van der Waals surface area contributed by atoms with E-state index in [1.54, 1.807) is 11.3 Å². The largest absolute Gasteiger partial charge is 0.295 e. The first-order valence-corrected chi connectivity index (χ1v) is 7.60. The number of aryl methyl sites for hydroxylation is 2. The SMILES string of the molecule is Cc1cc2nc(SC3CC(=O)NC3=O)sc2cc1C. The lowest BCUT2D eigenvalue weighted by Crippen LogP contribution is -2.22. The molecule has 19 heavy (non-hydrogen) atoms. The molecule has 3 rings (SSSR count). The van der Waals surface area contributed by atoms with Crippen molar-refractivity contribution in [2.45, 2.75) is 29.9 Å². The van der Waals surface area contributed by atoms with E-state index in [0.717, 1.165) is 14.6 Å². The highest BCUT2D eigenvalue weighted by Crippen LogP contribution is 2.35. The van der Waals surface area contributed by atoms with Crippen LogP contribution in [0.1, 0.15) is 17.5 Å². The maximum absolute atomic E-state index is 11.5. The predicted molar refractivity (Wildman–Crippen MR) is 76.5 cm³/mol. The molecule has 0 aliphatic carbocycles. The van der Waals surface area contributed by atoms with Crippen molar-refractivity contribution in [3.05, 3.63) is 23.3 Å². The summed E-state index contributed by atoms with van der Waals surface area (Å²) in [5.41, 5.74) is 3.41. The van der Waals surface area contributed by atoms with Crippen molar-refractivity contribution in [3.8, 4) is 0 Å². The van der Waals surface area contributed by atoms with Crippen LogP contribution in [0.15, 0.2) is 16.5 Å². The highest BCUT2D eigenvalue weighted by atomic mass is 32.2. The van der Waals surface area contributed by atoms with Gasteiger partial charge < -0.3 is 0 Å². The van der Waals surface area contributed by atoms with E-state index in [4.69, 9.17) is 0 Å². The molecule has 1 fully saturated rings. The fourth-order valence-electron chi connectivity index (χ4n) is 1.96. The molecule has 0 spiro atoms. The quantitative estimate of drug-likeness (QED) is 0.864. The Morgan fingerprint density at radius 2 is 2.05 bits per heavy atom. The van der Waals surface area contributed by atoms with Crippen LogP contribution in [0.3, 0.4) is 0 Å². The minimum atomic E-state index is -0.338. The molecule has 2 amide bonds. The maximum atomic E-state index is 11.5. The molecule has 0 bridgehead atoms. The Balaban J connectivity index is 1.90. The molecule has 1 saturated heterocycles. The van der Waals surface area contributed by atoms with Crippen LogP contribution < -0.4 is 5.32 Å². The van der Waals surface area contributed by atoms with Crippen molar-refractivity contribution in [1.29, 1.82) is 0 Å². The number of carbonyl (C=O) groups is 2. The average molecular weight is 292 g/mol. The van der Waals surface area contributed by atoms with Gasteiger partial charge >= 0.3 is 0 Å². The van der Waals surface area contributed by atoms with E-state index < -0.39 is 0 Å². The summed E-state index contributed by atoms with van der Waals surface area (Å²) < 4.78 is 1.96. The second kappa shape index (κ2) is 4.61. The number of fused-ring (bicyclic) bond motifs is 1. The number of nitrogens with zero attached hydrogens (tertiary/aromatic N) is 1. The fraction of sp³-hybridized carbons (Fsp3) is 0.308. The zero-order valence-electron chi connectivity index (χ0n) is 10.5. The Labute approximate surface area is 118 Å². The van der Waals surface area contributed by atoms with Gasteiger partial charge in [0.25, 0.3) is 0 Å². The molecular weight excluding hydrogens is 280 g/mol. The lowest BCUT2D eigenvalue weighted by atomic mass is 10.1. The van der Waals surface area contributed by atoms with Crippen LogP contribution in [0.25, 0.3) is 10.2 Å². The Kier molecular flexibility index (Phi) is 3.06. The number of thiazole rings is 1. The number of carbonyl (C=O) groups excluding carboxylic acids is 2. The normalized spacial score (nSPS) is 19.2. The highest BCUT2D eigenvalue weighted by molar-refractivity contribution is 8.02. The van der Waals surface area contributed by atoms with Gasteiger partial charge in [-0.3, -0.25) is 14.9 Å². The minimum absolute atomic E-state index is 0.199. The van der Waals surface area contributed by atoms with Crippen molar-refractivity contribution in [2.24, 2.45) is 0 Å². The molecule has 2 heterocycles. The van der Waals surface area contributed by atoms with Crippen molar-refractivity contribution in [3.63, 3.8) is 0 Å². The number of hydrogen-bond donors (Lipinski definition) is 1. The van der Waals surface area contributed by atoms with Gasteiger partial charge in [-0.15, -0.1) is 11.3 Å². The van der Waals surface area contributed by atoms with E-state index in [1.165, 1.54) is 22.9 Å². The van der Waals surface area contributed by atoms with Crippen molar-refractivity contribution >= 4 is 45.1 Å². The molecule has 0 saturated carbocycles. The molecule has 1 aromatic carbocycles. The molecule has 1 aliphatic heterocycles. The van der Waals surface area contributed by atoms with Gasteiger partial charge in [0.15, 0.2) is 4.34 Å². The highest BCUT2D eigenvalue weighted by Gasteiger charge is 2.32. The summed E-state index contributed by atoms with van der Waals surface area (Å²) in [4.78, 5) is 27.2. The van der Waals surface area contributed by atoms with Gasteiger partial charge in [0.2, 0.25) is 11.8 Å². The van der Waals surface area contributed by atoms with Gasteiger partial charge in [0.05, 0.1) is 15.5 Å². The van der Waals surface area contributed by atoms with Crippen LogP contribution in [0.2, 0.25) is 0 Å². The Morgan fingerprint density at radius 1 is 1.32 bits per heavy atom. The lowest BCUT2D eigenvalue weighted by Gasteiger charge is -2.00. The van der Waals surface area contributed by atoms with Crippen molar-refractivity contribution in [1.82, 2.24) is 10.3 Å². The van der Waals surface area contributed by atoms with Gasteiger partial charge in [-0.05, 0) is 37.1 Å². The first-order chi connectivity index (χ1) is 9.02. The molecule has 1 aromatic heterocycles. The standard InChI is InChI=1S/C13H12N2O2S2/c1-6-3-8-9(4-7(6)2)18-13(14-8)19-10-5-11(16)15-12(10)17/h3-4,10H,5H2,1-2H3,(H,15,16,17). The first kappa shape index (κ1) is 12.6. The van der Waals surface area contributed by atoms with Crippen LogP contribution in [-0.2, 0) is 9.59 Å². The summed E-state index contributed by atoms with van der Waals surface area (Å²) in [5, 5.41) is 1.98. The van der Waals surface area contributed by atoms with Crippen LogP contribution in [0, 0.1) is 13.8 Å². The van der Waals surface area contributed by atoms with Crippen LogP contribution in [0.5, 0.6) is 0 Å². The molecule has 2 aromatic rings. The monoisotopic (exact) mass is 292 g/mol. The Morgan fingerprint density at radius 3 is 2.74 bits per heavy atom. The van der Waals surface area contributed by atoms with Crippen molar-refractivity contribution in [2.75, 3.05) is 0 Å². The van der Waals surface area contributed by atoms with E-state index >= 15 is 0 Å². The summed E-state index contributed by atoms with van der Waals surface area (Å²) in [7, 11) is 0. The third kappa shape index (κ3) is 2.37. The van der Waals surface area contributed by atoms with Crippen molar-refractivity contribution < 1.29 is 9.59 Å². The van der Waals surface area contributed by atoms with Crippen LogP contribution >= 0.6 is 23.1 Å². The zero-order chi connectivity index (χ0) is 13.6. The number of thioether (sulfide) groups is 1. The van der Waals surface area contributed by atoms with Gasteiger partial charge in [-0.1, -0.05) is 11.8 Å². The fourth-order valence-corrected chi connectivity index (χ4v) is 4.34. The number of rotatable bonds is 2. The Hall–Kier alpha value is -1.40. The van der Waals surface area contributed by atoms with E-state index in [0.29, 0.717) is 0 Å². The molecule has 1 atom stereocenters. The van der Waals surface area contributed by atoms with Gasteiger partial charge in [0, 0.05) is 6.42 Å². The molecular formula is C13H12N2O2S2. The van der Waals surface area contributed by atoms with Gasteiger partial charge in [-0.2, -0.15) is 0 Å². The second-order valence-electron chi connectivity index (χ2n) is 4.61. The predicted octanol–water partition coefficient (Wildman–Crippen LogP) is 2.42. The van der Waals surface area contributed by atoms with Gasteiger partial charge in [0.1, 0.15) is 0 Å². The molecule has 98 valence electrons. The molecule has 4 nitrogen and oxygen atoms in total. The molecule has 1 unspecified atom stereocenters. The third-order valence-electron chi connectivity index (χ3n) is 3.15. The van der Waals surface area contributed by atoms with Gasteiger partial charge in [-0.25, -0.2) is 4.98 Å². The van der Waals surface area contributed by atoms with Crippen LogP contribution in [0.4, 0.5) is 0 Å². The van der Waals surface area contributed by atoms with E-state index in [9.17, 15) is 9.59 Å². The second-order valence-corrected chi connectivity index (χ2v) is 7.09. The molecule has 6 heteroatoms. The number of benzene rings is 1. The summed E-state index contributed by atoms with van der Waals surface area (Å²) in [6.07, 6.45) is 0.248. The topological polar surface area (TPSA) is 59.1 Å². The van der Waals surface area contributed by atoms with E-state index in [2.05, 4.69) is 36.3 Å². The molecule has 1 aliphatic rings. The zero-order valence-corrected chi connectivity index (χ0v) is 12.2. The average Bonchev–Trinajstić information content (AvgIpc) is 2.83.